The number of rotatable bonds is 1. The molecule has 2 rings (SSSR count). The van der Waals surface area contributed by atoms with Crippen LogP contribution in [-0.2, 0) is 6.42 Å². The van der Waals surface area contributed by atoms with Gasteiger partial charge in [-0.15, -0.1) is 0 Å². The van der Waals surface area contributed by atoms with Crippen LogP contribution in [0.5, 0.6) is 5.75 Å². The van der Waals surface area contributed by atoms with Crippen LogP contribution in [0.1, 0.15) is 11.1 Å². The highest BCUT2D eigenvalue weighted by atomic mass is 127. The summed E-state index contributed by atoms with van der Waals surface area (Å²) in [5.74, 6) is 0.945. The minimum Gasteiger partial charge on any atom is -0.489 e. The van der Waals surface area contributed by atoms with Crippen LogP contribution >= 0.6 is 22.6 Å². The number of hydrogen-bond acceptors (Lipinski definition) is 2. The third-order valence-electron chi connectivity index (χ3n) is 2.10. The van der Waals surface area contributed by atoms with Gasteiger partial charge in [-0.05, 0) is 23.8 Å². The molecule has 0 fully saturated rings. The summed E-state index contributed by atoms with van der Waals surface area (Å²) < 4.78 is 6.63. The van der Waals surface area contributed by atoms with Gasteiger partial charge >= 0.3 is 0 Å². The maximum absolute atomic E-state index is 8.70. The highest BCUT2D eigenvalue weighted by Crippen LogP contribution is 2.29. The van der Waals surface area contributed by atoms with Crippen molar-refractivity contribution in [1.82, 2.24) is 0 Å². The van der Waals surface area contributed by atoms with Crippen LogP contribution in [0, 0.1) is 11.3 Å². The molecule has 0 saturated heterocycles. The Morgan fingerprint density at radius 1 is 1.62 bits per heavy atom. The van der Waals surface area contributed by atoms with Crippen molar-refractivity contribution in [3.8, 4) is 11.8 Å². The lowest BCUT2D eigenvalue weighted by Gasteiger charge is -2.04. The number of nitriles is 1. The predicted molar refractivity (Wildman–Crippen MR) is 58.2 cm³/mol. The molecule has 0 N–H and O–H groups in total. The van der Waals surface area contributed by atoms with Gasteiger partial charge in [0.05, 0.1) is 11.6 Å². The Labute approximate surface area is 90.7 Å². The van der Waals surface area contributed by atoms with Crippen molar-refractivity contribution in [3.05, 3.63) is 29.3 Å². The van der Waals surface area contributed by atoms with Gasteiger partial charge in [0.15, 0.2) is 0 Å². The Bertz CT molecular complexity index is 370. The molecule has 0 unspecified atom stereocenters. The van der Waals surface area contributed by atoms with Crippen LogP contribution in [-0.4, -0.2) is 10.5 Å². The summed E-state index contributed by atoms with van der Waals surface area (Å²) in [7, 11) is 0. The van der Waals surface area contributed by atoms with Crippen molar-refractivity contribution >= 4 is 22.6 Å². The number of benzene rings is 1. The molecule has 13 heavy (non-hydrogen) atoms. The van der Waals surface area contributed by atoms with Gasteiger partial charge < -0.3 is 4.74 Å². The molecular weight excluding hydrogens is 277 g/mol. The fourth-order valence-corrected chi connectivity index (χ4v) is 1.97. The van der Waals surface area contributed by atoms with Crippen molar-refractivity contribution < 1.29 is 4.74 Å². The monoisotopic (exact) mass is 285 g/mol. The van der Waals surface area contributed by atoms with Crippen LogP contribution in [0.4, 0.5) is 0 Å². The summed E-state index contributed by atoms with van der Waals surface area (Å²) in [5, 5.41) is 8.70. The zero-order valence-electron chi connectivity index (χ0n) is 6.96. The molecule has 0 aromatic heterocycles. The third-order valence-corrected chi connectivity index (χ3v) is 3.09. The zero-order chi connectivity index (χ0) is 9.26. The van der Waals surface area contributed by atoms with Gasteiger partial charge in [-0.2, -0.15) is 5.26 Å². The lowest BCUT2D eigenvalue weighted by molar-refractivity contribution is 0.262. The number of nitrogens with zero attached hydrogens (tertiary/aromatic N) is 1. The second-order valence-corrected chi connectivity index (χ2v) is 3.91. The minimum absolute atomic E-state index is 0.296. The first-order chi connectivity index (χ1) is 6.33. The van der Waals surface area contributed by atoms with Crippen LogP contribution < -0.4 is 4.74 Å². The van der Waals surface area contributed by atoms with Crippen molar-refractivity contribution in [3.63, 3.8) is 0 Å². The number of hydrogen-bond donors (Lipinski definition) is 0. The topological polar surface area (TPSA) is 33.0 Å². The Kier molecular flexibility index (Phi) is 2.40. The maximum Gasteiger partial charge on any atom is 0.123 e. The normalized spacial score (nSPS) is 18.9. The molecule has 66 valence electrons. The lowest BCUT2D eigenvalue weighted by Crippen LogP contribution is -2.13. The van der Waals surface area contributed by atoms with Crippen molar-refractivity contribution in [2.75, 3.05) is 4.43 Å². The molecule has 0 radical (unpaired) electrons. The molecule has 1 heterocycles. The van der Waals surface area contributed by atoms with E-state index in [0.29, 0.717) is 6.10 Å². The number of alkyl halides is 1. The molecule has 1 atom stereocenters. The average Bonchev–Trinajstić information content (AvgIpc) is 2.58. The van der Waals surface area contributed by atoms with Crippen LogP contribution in [0.3, 0.4) is 0 Å². The Balaban J connectivity index is 2.32. The smallest absolute Gasteiger partial charge is 0.123 e. The minimum atomic E-state index is 0.296. The van der Waals surface area contributed by atoms with E-state index >= 15 is 0 Å². The highest BCUT2D eigenvalue weighted by Gasteiger charge is 2.21. The molecule has 0 spiro atoms. The Morgan fingerprint density at radius 2 is 2.46 bits per heavy atom. The van der Waals surface area contributed by atoms with E-state index in [1.165, 1.54) is 5.56 Å². The molecule has 1 aromatic rings. The zero-order valence-corrected chi connectivity index (χ0v) is 9.11. The molecule has 0 amide bonds. The maximum atomic E-state index is 8.70. The summed E-state index contributed by atoms with van der Waals surface area (Å²) in [5.41, 5.74) is 1.89. The number of fused-ring (bicyclic) bond motifs is 1. The van der Waals surface area contributed by atoms with Gasteiger partial charge in [0, 0.05) is 10.8 Å². The molecule has 1 aliphatic rings. The van der Waals surface area contributed by atoms with E-state index < -0.39 is 0 Å². The van der Waals surface area contributed by atoms with E-state index in [1.807, 2.05) is 12.1 Å². The van der Waals surface area contributed by atoms with Crippen molar-refractivity contribution in [2.24, 2.45) is 0 Å². The first-order valence-electron chi connectivity index (χ1n) is 4.09. The lowest BCUT2D eigenvalue weighted by atomic mass is 10.1. The first-order valence-corrected chi connectivity index (χ1v) is 5.61. The third kappa shape index (κ3) is 1.63. The average molecular weight is 285 g/mol. The van der Waals surface area contributed by atoms with Crippen LogP contribution in [0.25, 0.3) is 0 Å². The van der Waals surface area contributed by atoms with E-state index in [1.54, 1.807) is 6.07 Å². The first kappa shape index (κ1) is 8.82. The van der Waals surface area contributed by atoms with Gasteiger partial charge in [0.2, 0.25) is 0 Å². The molecule has 0 saturated carbocycles. The van der Waals surface area contributed by atoms with E-state index in [2.05, 4.69) is 28.7 Å². The fraction of sp³-hybridized carbons (Fsp3) is 0.300. The largest absolute Gasteiger partial charge is 0.489 e. The number of ether oxygens (including phenoxy) is 1. The summed E-state index contributed by atoms with van der Waals surface area (Å²) in [4.78, 5) is 0. The summed E-state index contributed by atoms with van der Waals surface area (Å²) in [6.07, 6.45) is 1.23. The second kappa shape index (κ2) is 3.54. The molecule has 1 aliphatic heterocycles. The van der Waals surface area contributed by atoms with E-state index in [0.717, 1.165) is 22.2 Å². The van der Waals surface area contributed by atoms with Crippen LogP contribution in [0.15, 0.2) is 18.2 Å². The Morgan fingerprint density at radius 3 is 3.15 bits per heavy atom. The van der Waals surface area contributed by atoms with Crippen LogP contribution in [0.2, 0.25) is 0 Å². The molecule has 1 aromatic carbocycles. The van der Waals surface area contributed by atoms with Gasteiger partial charge in [0.1, 0.15) is 11.9 Å². The quantitative estimate of drug-likeness (QED) is 0.586. The molecule has 0 aliphatic carbocycles. The van der Waals surface area contributed by atoms with Gasteiger partial charge in [0.25, 0.3) is 0 Å². The van der Waals surface area contributed by atoms with E-state index in [-0.39, 0.29) is 0 Å². The summed E-state index contributed by atoms with van der Waals surface area (Å²) >= 11 is 2.32. The van der Waals surface area contributed by atoms with Gasteiger partial charge in [-0.1, -0.05) is 22.6 Å². The van der Waals surface area contributed by atoms with Crippen molar-refractivity contribution in [2.45, 2.75) is 12.5 Å². The summed E-state index contributed by atoms with van der Waals surface area (Å²) in [6.45, 7) is 0. The molecule has 2 nitrogen and oxygen atoms in total. The SMILES string of the molecule is N#Cc1ccc2c(c1)C[C@H](CI)O2. The molecule has 0 bridgehead atoms. The second-order valence-electron chi connectivity index (χ2n) is 3.03. The molecular formula is C10H8INO. The molecule has 3 heteroatoms. The van der Waals surface area contributed by atoms with Crippen molar-refractivity contribution in [1.29, 1.82) is 5.26 Å². The van der Waals surface area contributed by atoms with E-state index in [9.17, 15) is 0 Å². The summed E-state index contributed by atoms with van der Waals surface area (Å²) in [6, 6.07) is 7.74. The highest BCUT2D eigenvalue weighted by molar-refractivity contribution is 14.1. The van der Waals surface area contributed by atoms with Gasteiger partial charge in [-0.25, -0.2) is 0 Å². The number of halogens is 1. The van der Waals surface area contributed by atoms with E-state index in [4.69, 9.17) is 10.00 Å². The van der Waals surface area contributed by atoms with Gasteiger partial charge in [-0.3, -0.25) is 0 Å². The predicted octanol–water partition coefficient (Wildman–Crippen LogP) is 2.30. The fourth-order valence-electron chi connectivity index (χ4n) is 1.48. The Hall–Kier alpha value is -0.760. The standard InChI is InChI=1S/C10H8INO/c11-5-9-4-8-3-7(6-12)1-2-10(8)13-9/h1-3,9H,4-5H2/t9-/m1/s1.